The Morgan fingerprint density at radius 2 is 2.00 bits per heavy atom. The Hall–Kier alpha value is -2.34. The summed E-state index contributed by atoms with van der Waals surface area (Å²) in [6, 6.07) is 11.8. The van der Waals surface area contributed by atoms with Crippen LogP contribution in [0.2, 0.25) is 0 Å². The fourth-order valence-corrected chi connectivity index (χ4v) is 2.23. The number of hydrogen-bond donors (Lipinski definition) is 2. The zero-order valence-electron chi connectivity index (χ0n) is 10.9. The summed E-state index contributed by atoms with van der Waals surface area (Å²) in [6.07, 6.45) is 5.45. The predicted octanol–water partition coefficient (Wildman–Crippen LogP) is 3.33. The highest BCUT2D eigenvalue weighted by atomic mass is 32.2. The number of nitrogens with one attached hydrogen (secondary N) is 2. The molecule has 0 fully saturated rings. The van der Waals surface area contributed by atoms with E-state index in [1.807, 2.05) is 42.7 Å². The second-order valence-electron chi connectivity index (χ2n) is 4.07. The summed E-state index contributed by atoms with van der Waals surface area (Å²) in [5, 5.41) is 10.9. The van der Waals surface area contributed by atoms with E-state index in [0.29, 0.717) is 0 Å². The highest BCUT2D eigenvalue weighted by molar-refractivity contribution is 7.98. The molecule has 2 N–H and O–H groups in total. The number of para-hydroxylation sites is 1. The van der Waals surface area contributed by atoms with Crippen LogP contribution in [0.5, 0.6) is 0 Å². The third kappa shape index (κ3) is 2.65. The summed E-state index contributed by atoms with van der Waals surface area (Å²) < 4.78 is 0. The largest absolute Gasteiger partial charge is 0.340 e. The summed E-state index contributed by atoms with van der Waals surface area (Å²) in [4.78, 5) is 8.74. The molecule has 6 heteroatoms. The monoisotopic (exact) mass is 283 g/mol. The van der Waals surface area contributed by atoms with Gasteiger partial charge in [0.15, 0.2) is 5.16 Å². The highest BCUT2D eigenvalue weighted by Crippen LogP contribution is 2.28. The smallest absolute Gasteiger partial charge is 0.187 e. The Morgan fingerprint density at radius 3 is 2.80 bits per heavy atom. The molecule has 3 aromatic rings. The molecule has 0 aliphatic heterocycles. The minimum atomic E-state index is 0.763. The molecule has 0 unspecified atom stereocenters. The van der Waals surface area contributed by atoms with Crippen LogP contribution >= 0.6 is 11.8 Å². The molecule has 0 saturated carbocycles. The number of anilines is 2. The SMILES string of the molecule is CSc1nccc(-c2ccccc2Nc2ccn[nH]2)n1. The molecule has 0 atom stereocenters. The number of aromatic amines is 1. The average molecular weight is 283 g/mol. The number of H-pyrrole nitrogens is 1. The Balaban J connectivity index is 2.00. The highest BCUT2D eigenvalue weighted by Gasteiger charge is 2.07. The second-order valence-corrected chi connectivity index (χ2v) is 4.84. The van der Waals surface area contributed by atoms with Gasteiger partial charge in [-0.25, -0.2) is 9.97 Å². The van der Waals surface area contributed by atoms with Gasteiger partial charge in [-0.3, -0.25) is 5.10 Å². The van der Waals surface area contributed by atoms with E-state index >= 15 is 0 Å². The zero-order chi connectivity index (χ0) is 13.8. The van der Waals surface area contributed by atoms with Crippen LogP contribution in [-0.2, 0) is 0 Å². The summed E-state index contributed by atoms with van der Waals surface area (Å²) in [7, 11) is 0. The molecule has 2 heterocycles. The van der Waals surface area contributed by atoms with Gasteiger partial charge in [0.05, 0.1) is 11.9 Å². The first-order valence-corrected chi connectivity index (χ1v) is 7.32. The minimum Gasteiger partial charge on any atom is -0.340 e. The maximum absolute atomic E-state index is 4.54. The fourth-order valence-electron chi connectivity index (χ4n) is 1.88. The third-order valence-corrected chi connectivity index (χ3v) is 3.35. The molecule has 2 aromatic heterocycles. The first kappa shape index (κ1) is 12.7. The topological polar surface area (TPSA) is 66.5 Å². The van der Waals surface area contributed by atoms with Crippen molar-refractivity contribution in [3.63, 3.8) is 0 Å². The molecule has 0 radical (unpaired) electrons. The molecule has 100 valence electrons. The van der Waals surface area contributed by atoms with Gasteiger partial charge in [-0.1, -0.05) is 30.0 Å². The molecule has 1 aromatic carbocycles. The van der Waals surface area contributed by atoms with E-state index in [1.165, 1.54) is 11.8 Å². The van der Waals surface area contributed by atoms with Gasteiger partial charge in [-0.15, -0.1) is 0 Å². The molecular formula is C14H13N5S. The van der Waals surface area contributed by atoms with E-state index in [4.69, 9.17) is 0 Å². The quantitative estimate of drug-likeness (QED) is 0.568. The molecule has 20 heavy (non-hydrogen) atoms. The lowest BCUT2D eigenvalue weighted by Crippen LogP contribution is -1.96. The third-order valence-electron chi connectivity index (χ3n) is 2.79. The molecule has 3 rings (SSSR count). The van der Waals surface area contributed by atoms with Gasteiger partial charge in [0.25, 0.3) is 0 Å². The van der Waals surface area contributed by atoms with Gasteiger partial charge in [0.1, 0.15) is 5.82 Å². The van der Waals surface area contributed by atoms with Crippen LogP contribution in [0.3, 0.4) is 0 Å². The van der Waals surface area contributed by atoms with Crippen LogP contribution in [0.1, 0.15) is 0 Å². The molecule has 0 aliphatic rings. The minimum absolute atomic E-state index is 0.763. The number of nitrogens with zero attached hydrogens (tertiary/aromatic N) is 3. The normalized spacial score (nSPS) is 10.4. The molecule has 0 bridgehead atoms. The van der Waals surface area contributed by atoms with Crippen molar-refractivity contribution in [3.8, 4) is 11.3 Å². The van der Waals surface area contributed by atoms with Crippen molar-refractivity contribution >= 4 is 23.3 Å². The van der Waals surface area contributed by atoms with Gasteiger partial charge in [-0.05, 0) is 18.4 Å². The predicted molar refractivity (Wildman–Crippen MR) is 81.1 cm³/mol. The van der Waals surface area contributed by atoms with Crippen LogP contribution in [0.4, 0.5) is 11.5 Å². The molecule has 0 aliphatic carbocycles. The molecular weight excluding hydrogens is 270 g/mol. The van der Waals surface area contributed by atoms with E-state index in [2.05, 4.69) is 25.5 Å². The van der Waals surface area contributed by atoms with E-state index in [9.17, 15) is 0 Å². The van der Waals surface area contributed by atoms with E-state index in [1.54, 1.807) is 12.4 Å². The lowest BCUT2D eigenvalue weighted by atomic mass is 10.1. The maximum atomic E-state index is 4.54. The summed E-state index contributed by atoms with van der Waals surface area (Å²) in [6.45, 7) is 0. The van der Waals surface area contributed by atoms with Crippen molar-refractivity contribution in [2.45, 2.75) is 5.16 Å². The van der Waals surface area contributed by atoms with Gasteiger partial charge in [-0.2, -0.15) is 5.10 Å². The van der Waals surface area contributed by atoms with Crippen molar-refractivity contribution < 1.29 is 0 Å². The maximum Gasteiger partial charge on any atom is 0.187 e. The van der Waals surface area contributed by atoms with Crippen LogP contribution in [0, 0.1) is 0 Å². The first-order valence-electron chi connectivity index (χ1n) is 6.09. The van der Waals surface area contributed by atoms with Crippen molar-refractivity contribution in [2.24, 2.45) is 0 Å². The van der Waals surface area contributed by atoms with Gasteiger partial charge >= 0.3 is 0 Å². The van der Waals surface area contributed by atoms with Crippen LogP contribution in [0.25, 0.3) is 11.3 Å². The van der Waals surface area contributed by atoms with Gasteiger partial charge in [0.2, 0.25) is 0 Å². The first-order chi connectivity index (χ1) is 9.86. The summed E-state index contributed by atoms with van der Waals surface area (Å²) in [5.41, 5.74) is 2.90. The van der Waals surface area contributed by atoms with Crippen LogP contribution in [-0.4, -0.2) is 26.4 Å². The Kier molecular flexibility index (Phi) is 3.64. The summed E-state index contributed by atoms with van der Waals surface area (Å²) in [5.74, 6) is 0.844. The van der Waals surface area contributed by atoms with E-state index in [0.717, 1.165) is 27.9 Å². The van der Waals surface area contributed by atoms with E-state index < -0.39 is 0 Å². The van der Waals surface area contributed by atoms with E-state index in [-0.39, 0.29) is 0 Å². The van der Waals surface area contributed by atoms with Crippen LogP contribution < -0.4 is 5.32 Å². The molecule has 0 saturated heterocycles. The molecule has 0 amide bonds. The fraction of sp³-hybridized carbons (Fsp3) is 0.0714. The van der Waals surface area contributed by atoms with Crippen molar-refractivity contribution in [2.75, 3.05) is 11.6 Å². The van der Waals surface area contributed by atoms with Crippen molar-refractivity contribution in [1.29, 1.82) is 0 Å². The lowest BCUT2D eigenvalue weighted by Gasteiger charge is -2.10. The Bertz CT molecular complexity index is 696. The number of hydrogen-bond acceptors (Lipinski definition) is 5. The second kappa shape index (κ2) is 5.75. The standard InChI is InChI=1S/C14H13N5S/c1-20-14-15-8-6-12(18-14)10-4-2-3-5-11(10)17-13-7-9-16-19-13/h2-9H,1H3,(H2,16,17,19). The number of benzene rings is 1. The van der Waals surface area contributed by atoms with Crippen LogP contribution in [0.15, 0.2) is 53.9 Å². The zero-order valence-corrected chi connectivity index (χ0v) is 11.7. The Labute approximate surface area is 120 Å². The van der Waals surface area contributed by atoms with Gasteiger partial charge in [0, 0.05) is 23.5 Å². The molecule has 0 spiro atoms. The number of thioether (sulfide) groups is 1. The number of aromatic nitrogens is 4. The Morgan fingerprint density at radius 1 is 1.10 bits per heavy atom. The summed E-state index contributed by atoms with van der Waals surface area (Å²) >= 11 is 1.53. The lowest BCUT2D eigenvalue weighted by molar-refractivity contribution is 0.976. The van der Waals surface area contributed by atoms with Crippen molar-refractivity contribution in [1.82, 2.24) is 20.2 Å². The molecule has 5 nitrogen and oxygen atoms in total. The van der Waals surface area contributed by atoms with Crippen molar-refractivity contribution in [3.05, 3.63) is 48.8 Å². The average Bonchev–Trinajstić information content (AvgIpc) is 3.01. The van der Waals surface area contributed by atoms with Gasteiger partial charge < -0.3 is 5.32 Å². The number of rotatable bonds is 4.